The van der Waals surface area contributed by atoms with E-state index in [1.807, 2.05) is 0 Å². The molecular weight excluding hydrogens is 207 g/mol. The number of benzene rings is 1. The van der Waals surface area contributed by atoms with E-state index in [0.717, 1.165) is 12.1 Å². The molecule has 2 nitrogen and oxygen atoms in total. The summed E-state index contributed by atoms with van der Waals surface area (Å²) in [6.45, 7) is 0. The highest BCUT2D eigenvalue weighted by atomic mass is 19.2. The molecule has 1 fully saturated rings. The molecular formula is C10H8F3NO. The zero-order valence-corrected chi connectivity index (χ0v) is 7.69. The Kier molecular flexibility index (Phi) is 2.38. The van der Waals surface area contributed by atoms with E-state index in [9.17, 15) is 18.0 Å². The first kappa shape index (κ1) is 10.0. The van der Waals surface area contributed by atoms with Gasteiger partial charge in [-0.1, -0.05) is 6.07 Å². The molecule has 1 heterocycles. The van der Waals surface area contributed by atoms with Gasteiger partial charge in [0.25, 0.3) is 0 Å². The minimum atomic E-state index is -1.49. The summed E-state index contributed by atoms with van der Waals surface area (Å²) >= 11 is 0. The van der Waals surface area contributed by atoms with E-state index in [4.69, 9.17) is 0 Å². The lowest BCUT2D eigenvalue weighted by molar-refractivity contribution is -0.119. The molecule has 1 aliphatic heterocycles. The van der Waals surface area contributed by atoms with Crippen molar-refractivity contribution in [2.75, 3.05) is 0 Å². The third kappa shape index (κ3) is 1.69. The van der Waals surface area contributed by atoms with Crippen LogP contribution in [0.25, 0.3) is 0 Å². The summed E-state index contributed by atoms with van der Waals surface area (Å²) in [5.74, 6) is -4.14. The number of carbonyl (C=O) groups is 1. The molecule has 1 aromatic carbocycles. The number of carbonyl (C=O) groups excluding carboxylic acids is 1. The molecule has 0 aromatic heterocycles. The summed E-state index contributed by atoms with van der Waals surface area (Å²) < 4.78 is 38.8. The number of hydrogen-bond acceptors (Lipinski definition) is 1. The first-order valence-electron chi connectivity index (χ1n) is 4.52. The van der Waals surface area contributed by atoms with Crippen LogP contribution in [0.1, 0.15) is 24.4 Å². The monoisotopic (exact) mass is 215 g/mol. The lowest BCUT2D eigenvalue weighted by Gasteiger charge is -2.11. The van der Waals surface area contributed by atoms with E-state index in [0.29, 0.717) is 6.42 Å². The van der Waals surface area contributed by atoms with Crippen LogP contribution in [0.5, 0.6) is 0 Å². The molecule has 80 valence electrons. The van der Waals surface area contributed by atoms with Gasteiger partial charge in [-0.2, -0.15) is 0 Å². The first-order valence-corrected chi connectivity index (χ1v) is 4.52. The lowest BCUT2D eigenvalue weighted by Crippen LogP contribution is -2.19. The fourth-order valence-electron chi connectivity index (χ4n) is 1.66. The molecule has 1 N–H and O–H groups in total. The minimum absolute atomic E-state index is 0.000231. The molecule has 1 aromatic rings. The number of hydrogen-bond donors (Lipinski definition) is 1. The van der Waals surface area contributed by atoms with Crippen LogP contribution in [0.15, 0.2) is 12.1 Å². The molecule has 0 radical (unpaired) electrons. The second-order valence-corrected chi connectivity index (χ2v) is 3.42. The second-order valence-electron chi connectivity index (χ2n) is 3.42. The zero-order chi connectivity index (χ0) is 11.0. The summed E-state index contributed by atoms with van der Waals surface area (Å²) in [5.41, 5.74) is -0.000231. The Morgan fingerprint density at radius 1 is 1.20 bits per heavy atom. The van der Waals surface area contributed by atoms with Crippen molar-refractivity contribution in [2.45, 2.75) is 18.9 Å². The Labute approximate surface area is 84.1 Å². The van der Waals surface area contributed by atoms with Crippen molar-refractivity contribution in [1.29, 1.82) is 0 Å². The molecule has 1 atom stereocenters. The average molecular weight is 215 g/mol. The molecule has 1 unspecified atom stereocenters. The van der Waals surface area contributed by atoms with E-state index in [1.165, 1.54) is 0 Å². The molecule has 0 bridgehead atoms. The Balaban J connectivity index is 2.37. The number of nitrogens with one attached hydrogen (secondary N) is 1. The van der Waals surface area contributed by atoms with Crippen LogP contribution < -0.4 is 5.32 Å². The van der Waals surface area contributed by atoms with Crippen LogP contribution in [0.2, 0.25) is 0 Å². The van der Waals surface area contributed by atoms with Gasteiger partial charge in [-0.05, 0) is 12.5 Å². The van der Waals surface area contributed by atoms with Gasteiger partial charge in [0.1, 0.15) is 0 Å². The van der Waals surface area contributed by atoms with E-state index in [2.05, 4.69) is 5.32 Å². The molecule has 0 spiro atoms. The number of halogens is 3. The van der Waals surface area contributed by atoms with Gasteiger partial charge >= 0.3 is 0 Å². The highest BCUT2D eigenvalue weighted by Crippen LogP contribution is 2.27. The van der Waals surface area contributed by atoms with E-state index >= 15 is 0 Å². The van der Waals surface area contributed by atoms with Gasteiger partial charge < -0.3 is 5.32 Å². The zero-order valence-electron chi connectivity index (χ0n) is 7.69. The fraction of sp³-hybridized carbons (Fsp3) is 0.300. The van der Waals surface area contributed by atoms with Crippen LogP contribution in [0.3, 0.4) is 0 Å². The van der Waals surface area contributed by atoms with Crippen molar-refractivity contribution >= 4 is 5.91 Å². The normalized spacial score (nSPS) is 20.5. The maximum Gasteiger partial charge on any atom is 0.220 e. The average Bonchev–Trinajstić information content (AvgIpc) is 2.61. The van der Waals surface area contributed by atoms with Gasteiger partial charge in [0.05, 0.1) is 6.04 Å². The molecule has 0 aliphatic carbocycles. The summed E-state index contributed by atoms with van der Waals surface area (Å²) in [6.07, 6.45) is 0.684. The summed E-state index contributed by atoms with van der Waals surface area (Å²) in [6, 6.07) is 1.47. The van der Waals surface area contributed by atoms with Crippen LogP contribution >= 0.6 is 0 Å². The summed E-state index contributed by atoms with van der Waals surface area (Å²) in [4.78, 5) is 10.9. The van der Waals surface area contributed by atoms with E-state index < -0.39 is 23.5 Å². The van der Waals surface area contributed by atoms with Crippen LogP contribution in [0, 0.1) is 17.5 Å². The second kappa shape index (κ2) is 3.56. The van der Waals surface area contributed by atoms with Crippen molar-refractivity contribution in [1.82, 2.24) is 5.32 Å². The topological polar surface area (TPSA) is 29.1 Å². The molecule has 1 amide bonds. The van der Waals surface area contributed by atoms with Crippen molar-refractivity contribution < 1.29 is 18.0 Å². The SMILES string of the molecule is O=C1CCC(c2ccc(F)c(F)c2F)N1. The van der Waals surface area contributed by atoms with Crippen molar-refractivity contribution in [3.63, 3.8) is 0 Å². The van der Waals surface area contributed by atoms with Gasteiger partial charge in [0.2, 0.25) is 5.91 Å². The highest BCUT2D eigenvalue weighted by molar-refractivity contribution is 5.78. The number of rotatable bonds is 1. The van der Waals surface area contributed by atoms with Crippen molar-refractivity contribution in [2.24, 2.45) is 0 Å². The number of amides is 1. The highest BCUT2D eigenvalue weighted by Gasteiger charge is 2.26. The van der Waals surface area contributed by atoms with Crippen molar-refractivity contribution in [3.05, 3.63) is 35.1 Å². The largest absolute Gasteiger partial charge is 0.349 e. The van der Waals surface area contributed by atoms with Crippen LogP contribution in [-0.2, 0) is 4.79 Å². The maximum absolute atomic E-state index is 13.3. The Bertz CT molecular complexity index is 419. The quantitative estimate of drug-likeness (QED) is 0.714. The van der Waals surface area contributed by atoms with Crippen LogP contribution in [-0.4, -0.2) is 5.91 Å². The molecule has 1 saturated heterocycles. The lowest BCUT2D eigenvalue weighted by atomic mass is 10.0. The molecule has 0 saturated carbocycles. The Morgan fingerprint density at radius 3 is 2.53 bits per heavy atom. The van der Waals surface area contributed by atoms with Crippen LogP contribution in [0.4, 0.5) is 13.2 Å². The van der Waals surface area contributed by atoms with Gasteiger partial charge in [-0.15, -0.1) is 0 Å². The standard InChI is InChI=1S/C10H8F3NO/c11-6-2-1-5(9(12)10(6)13)7-3-4-8(15)14-7/h1-2,7H,3-4H2,(H,14,15). The van der Waals surface area contributed by atoms with Gasteiger partial charge in [-0.25, -0.2) is 13.2 Å². The van der Waals surface area contributed by atoms with Gasteiger partial charge in [-0.3, -0.25) is 4.79 Å². The predicted molar refractivity (Wildman–Crippen MR) is 46.4 cm³/mol. The molecule has 1 aliphatic rings. The Hall–Kier alpha value is -1.52. The summed E-state index contributed by atoms with van der Waals surface area (Å²) in [7, 11) is 0. The van der Waals surface area contributed by atoms with E-state index in [-0.39, 0.29) is 17.9 Å². The molecule has 5 heteroatoms. The van der Waals surface area contributed by atoms with Crippen molar-refractivity contribution in [3.8, 4) is 0 Å². The van der Waals surface area contributed by atoms with Gasteiger partial charge in [0, 0.05) is 12.0 Å². The minimum Gasteiger partial charge on any atom is -0.349 e. The first-order chi connectivity index (χ1) is 7.09. The Morgan fingerprint density at radius 2 is 1.93 bits per heavy atom. The smallest absolute Gasteiger partial charge is 0.220 e. The summed E-state index contributed by atoms with van der Waals surface area (Å²) in [5, 5.41) is 2.49. The van der Waals surface area contributed by atoms with E-state index in [1.54, 1.807) is 0 Å². The molecule has 15 heavy (non-hydrogen) atoms. The van der Waals surface area contributed by atoms with Gasteiger partial charge in [0.15, 0.2) is 17.5 Å². The molecule has 2 rings (SSSR count). The predicted octanol–water partition coefficient (Wildman–Crippen LogP) is 2.06. The maximum atomic E-state index is 13.3. The fourth-order valence-corrected chi connectivity index (χ4v) is 1.66. The third-order valence-electron chi connectivity index (χ3n) is 2.44. The third-order valence-corrected chi connectivity index (χ3v) is 2.44.